The Morgan fingerprint density at radius 2 is 1.92 bits per heavy atom. The second-order valence-electron chi connectivity index (χ2n) is 10.8. The summed E-state index contributed by atoms with van der Waals surface area (Å²) in [5.74, 6) is 0.814. The molecule has 5 heterocycles. The maximum Gasteiger partial charge on any atom is 0.416 e. The zero-order chi connectivity index (χ0) is 27.0. The Bertz CT molecular complexity index is 1290. The summed E-state index contributed by atoms with van der Waals surface area (Å²) in [4.78, 5) is 26.8. The lowest BCUT2D eigenvalue weighted by Gasteiger charge is -2.52. The summed E-state index contributed by atoms with van der Waals surface area (Å²) >= 11 is 1.36. The highest BCUT2D eigenvalue weighted by atomic mass is 32.1. The number of nitrogens with zero attached hydrogens (tertiary/aromatic N) is 4. The molecule has 7 nitrogen and oxygen atoms in total. The normalized spacial score (nSPS) is 21.2. The van der Waals surface area contributed by atoms with Gasteiger partial charge in [-0.25, -0.2) is 0 Å². The van der Waals surface area contributed by atoms with Crippen LogP contribution in [0.1, 0.15) is 20.9 Å². The van der Waals surface area contributed by atoms with Crippen LogP contribution < -0.4 is 0 Å². The minimum Gasteiger partial charge on any atom is -0.381 e. The number of halogens is 3. The Kier molecular flexibility index (Phi) is 7.17. The van der Waals surface area contributed by atoms with Crippen molar-refractivity contribution >= 4 is 17.2 Å². The van der Waals surface area contributed by atoms with Crippen molar-refractivity contribution in [1.82, 2.24) is 19.8 Å². The first-order valence-corrected chi connectivity index (χ1v) is 13.9. The van der Waals surface area contributed by atoms with Gasteiger partial charge in [0.1, 0.15) is 4.88 Å². The van der Waals surface area contributed by atoms with Crippen LogP contribution in [-0.2, 0) is 22.3 Å². The fraction of sp³-hybridized carbons (Fsp3) is 0.464. The van der Waals surface area contributed by atoms with Crippen LogP contribution >= 0.6 is 11.3 Å². The standard InChI is InChI=1S/C28H29F3N4O3S/c29-28(30,31)21-6-4-20(5-7-21)24-3-1-2-23(33-24)14-38-13-22-10-35(26(36)25-8-32-18-39-25)17-27(22)15-34(16-27)9-19-11-37-12-19/h1-8,18-19,22H,9-17H2/t22-/m0/s1. The van der Waals surface area contributed by atoms with Crippen molar-refractivity contribution in [3.05, 3.63) is 70.3 Å². The Balaban J connectivity index is 1.09. The maximum absolute atomic E-state index is 13.1. The first-order valence-electron chi connectivity index (χ1n) is 13.0. The van der Waals surface area contributed by atoms with Gasteiger partial charge in [-0.05, 0) is 24.3 Å². The number of amides is 1. The van der Waals surface area contributed by atoms with Crippen molar-refractivity contribution in [2.45, 2.75) is 12.8 Å². The molecular weight excluding hydrogens is 529 g/mol. The molecule has 0 aliphatic carbocycles. The maximum atomic E-state index is 13.1. The molecule has 0 radical (unpaired) electrons. The SMILES string of the molecule is O=C(c1cncs1)N1C[C@@H](COCc2cccc(-c3ccc(C(F)(F)F)cc3)n2)C2(CN(CC3COC3)C2)C1. The second kappa shape index (κ2) is 10.6. The van der Waals surface area contributed by atoms with E-state index in [9.17, 15) is 18.0 Å². The molecule has 0 N–H and O–H groups in total. The van der Waals surface area contributed by atoms with Crippen molar-refractivity contribution < 1.29 is 27.4 Å². The molecule has 3 aliphatic rings. The topological polar surface area (TPSA) is 67.8 Å². The van der Waals surface area contributed by atoms with Crippen LogP contribution in [0.15, 0.2) is 54.2 Å². The van der Waals surface area contributed by atoms with Crippen LogP contribution in [0.5, 0.6) is 0 Å². The van der Waals surface area contributed by atoms with Crippen molar-refractivity contribution in [2.24, 2.45) is 17.3 Å². The van der Waals surface area contributed by atoms with Gasteiger partial charge >= 0.3 is 6.18 Å². The van der Waals surface area contributed by atoms with Crippen molar-refractivity contribution in [3.8, 4) is 11.3 Å². The van der Waals surface area contributed by atoms with Gasteiger partial charge in [-0.1, -0.05) is 18.2 Å². The van der Waals surface area contributed by atoms with Crippen LogP contribution in [0.4, 0.5) is 13.2 Å². The number of likely N-dealkylation sites (tertiary alicyclic amines) is 2. The van der Waals surface area contributed by atoms with E-state index in [0.29, 0.717) is 47.4 Å². The number of alkyl halides is 3. The minimum atomic E-state index is -4.37. The molecule has 0 saturated carbocycles. The van der Waals surface area contributed by atoms with E-state index in [1.165, 1.54) is 23.5 Å². The van der Waals surface area contributed by atoms with Crippen LogP contribution in [0, 0.1) is 17.3 Å². The summed E-state index contributed by atoms with van der Waals surface area (Å²) in [6.07, 6.45) is -2.74. The number of carbonyl (C=O) groups is 1. The van der Waals surface area contributed by atoms with E-state index >= 15 is 0 Å². The number of ether oxygens (including phenoxy) is 2. The zero-order valence-corrected chi connectivity index (χ0v) is 22.1. The second-order valence-corrected chi connectivity index (χ2v) is 11.7. The van der Waals surface area contributed by atoms with Crippen LogP contribution in [0.3, 0.4) is 0 Å². The predicted molar refractivity (Wildman–Crippen MR) is 139 cm³/mol. The van der Waals surface area contributed by atoms with Gasteiger partial charge in [-0.15, -0.1) is 11.3 Å². The fourth-order valence-electron chi connectivity index (χ4n) is 5.84. The number of rotatable bonds is 8. The molecule has 1 aromatic carbocycles. The van der Waals surface area contributed by atoms with Crippen LogP contribution in [0.25, 0.3) is 11.3 Å². The number of aromatic nitrogens is 2. The molecule has 11 heteroatoms. The Hall–Kier alpha value is -2.86. The number of benzene rings is 1. The van der Waals surface area contributed by atoms with Crippen molar-refractivity contribution in [1.29, 1.82) is 0 Å². The molecule has 1 amide bonds. The molecule has 6 rings (SSSR count). The molecule has 39 heavy (non-hydrogen) atoms. The average molecular weight is 559 g/mol. The number of carbonyl (C=O) groups excluding carboxylic acids is 1. The molecule has 3 aliphatic heterocycles. The van der Waals surface area contributed by atoms with Crippen LogP contribution in [-0.4, -0.2) is 78.2 Å². The number of hydrogen-bond acceptors (Lipinski definition) is 7. The summed E-state index contributed by atoms with van der Waals surface area (Å²) in [5.41, 5.74) is 2.91. The molecule has 0 bridgehead atoms. The first-order chi connectivity index (χ1) is 18.8. The summed E-state index contributed by atoms with van der Waals surface area (Å²) in [6, 6.07) is 10.5. The molecule has 3 aromatic rings. The quantitative estimate of drug-likeness (QED) is 0.407. The van der Waals surface area contributed by atoms with Gasteiger partial charge in [-0.2, -0.15) is 13.2 Å². The van der Waals surface area contributed by atoms with Gasteiger partial charge < -0.3 is 19.3 Å². The zero-order valence-electron chi connectivity index (χ0n) is 21.3. The van der Waals surface area contributed by atoms with Crippen molar-refractivity contribution in [3.63, 3.8) is 0 Å². The van der Waals surface area contributed by atoms with Gasteiger partial charge in [0, 0.05) is 55.5 Å². The van der Waals surface area contributed by atoms with Crippen LogP contribution in [0.2, 0.25) is 0 Å². The molecular formula is C28H29F3N4O3S. The minimum absolute atomic E-state index is 0.000455. The van der Waals surface area contributed by atoms with E-state index < -0.39 is 11.7 Å². The van der Waals surface area contributed by atoms with Gasteiger partial charge in [0.15, 0.2) is 0 Å². The third-order valence-electron chi connectivity index (χ3n) is 7.93. The van der Waals surface area contributed by atoms with Gasteiger partial charge in [0.25, 0.3) is 5.91 Å². The molecule has 3 fully saturated rings. The summed E-state index contributed by atoms with van der Waals surface area (Å²) in [5, 5.41) is 0. The van der Waals surface area contributed by atoms with Crippen molar-refractivity contribution in [2.75, 3.05) is 52.5 Å². The monoisotopic (exact) mass is 558 g/mol. The third kappa shape index (κ3) is 5.58. The highest BCUT2D eigenvalue weighted by Crippen LogP contribution is 2.45. The smallest absolute Gasteiger partial charge is 0.381 e. The number of pyridine rings is 1. The summed E-state index contributed by atoms with van der Waals surface area (Å²) in [7, 11) is 0. The molecule has 1 spiro atoms. The summed E-state index contributed by atoms with van der Waals surface area (Å²) < 4.78 is 50.2. The fourth-order valence-corrected chi connectivity index (χ4v) is 6.42. The summed E-state index contributed by atoms with van der Waals surface area (Å²) in [6.45, 7) is 6.67. The van der Waals surface area contributed by atoms with Gasteiger partial charge in [0.2, 0.25) is 0 Å². The van der Waals surface area contributed by atoms with E-state index in [0.717, 1.165) is 45.0 Å². The molecule has 206 valence electrons. The van der Waals surface area contributed by atoms with E-state index in [1.807, 2.05) is 17.0 Å². The highest BCUT2D eigenvalue weighted by molar-refractivity contribution is 7.11. The predicted octanol–water partition coefficient (Wildman–Crippen LogP) is 4.46. The van der Waals surface area contributed by atoms with E-state index in [2.05, 4.69) is 14.9 Å². The lowest BCUT2D eigenvalue weighted by atomic mass is 9.71. The molecule has 3 saturated heterocycles. The molecule has 0 unspecified atom stereocenters. The largest absolute Gasteiger partial charge is 0.416 e. The lowest BCUT2D eigenvalue weighted by molar-refractivity contribution is -0.137. The van der Waals surface area contributed by atoms with E-state index in [4.69, 9.17) is 9.47 Å². The third-order valence-corrected chi connectivity index (χ3v) is 8.69. The average Bonchev–Trinajstić information content (AvgIpc) is 3.54. The van der Waals surface area contributed by atoms with E-state index in [1.54, 1.807) is 17.8 Å². The first kappa shape index (κ1) is 26.4. The number of thiazole rings is 1. The molecule has 2 aromatic heterocycles. The Labute approximate surface area is 228 Å². The lowest BCUT2D eigenvalue weighted by Crippen LogP contribution is -2.62. The van der Waals surface area contributed by atoms with Gasteiger partial charge in [-0.3, -0.25) is 14.8 Å². The van der Waals surface area contributed by atoms with Gasteiger partial charge in [0.05, 0.1) is 55.1 Å². The Morgan fingerprint density at radius 1 is 1.13 bits per heavy atom. The Morgan fingerprint density at radius 3 is 2.59 bits per heavy atom. The molecule has 1 atom stereocenters. The highest BCUT2D eigenvalue weighted by Gasteiger charge is 2.55. The number of hydrogen-bond donors (Lipinski definition) is 0. The van der Waals surface area contributed by atoms with E-state index in [-0.39, 0.29) is 23.8 Å².